The minimum absolute atomic E-state index is 0.117. The molecule has 3 nitrogen and oxygen atoms in total. The molecule has 1 amide bonds. The number of nitrogens with one attached hydrogen (secondary N) is 1. The first-order valence-electron chi connectivity index (χ1n) is 6.11. The Balaban J connectivity index is 1.79. The first kappa shape index (κ1) is 12.9. The standard InChI is InChI=1S/C13H16F2N2O/c14-13(15)5-3-11(4-6-13)17-12(18)8-10-2-1-7-16-9-10/h1-2,7,9,11H,3-6,8H2,(H,17,18). The van der Waals surface area contributed by atoms with Crippen LogP contribution in [-0.2, 0) is 11.2 Å². The first-order valence-corrected chi connectivity index (χ1v) is 6.11. The number of halogens is 2. The number of hydrogen-bond acceptors (Lipinski definition) is 2. The molecule has 1 N–H and O–H groups in total. The second-order valence-corrected chi connectivity index (χ2v) is 4.74. The molecule has 0 aromatic carbocycles. The third kappa shape index (κ3) is 3.75. The lowest BCUT2D eigenvalue weighted by molar-refractivity contribution is -0.122. The van der Waals surface area contributed by atoms with Crippen molar-refractivity contribution in [2.45, 2.75) is 44.1 Å². The Kier molecular flexibility index (Phi) is 3.89. The van der Waals surface area contributed by atoms with E-state index in [2.05, 4.69) is 10.3 Å². The lowest BCUT2D eigenvalue weighted by Crippen LogP contribution is -2.40. The normalized spacial score (nSPS) is 19.4. The maximum Gasteiger partial charge on any atom is 0.248 e. The highest BCUT2D eigenvalue weighted by atomic mass is 19.3. The molecule has 0 atom stereocenters. The zero-order valence-corrected chi connectivity index (χ0v) is 10.0. The molecule has 1 saturated carbocycles. The van der Waals surface area contributed by atoms with Crippen molar-refractivity contribution in [3.05, 3.63) is 30.1 Å². The van der Waals surface area contributed by atoms with Gasteiger partial charge in [0.2, 0.25) is 11.8 Å². The maximum atomic E-state index is 12.9. The van der Waals surface area contributed by atoms with Gasteiger partial charge in [-0.3, -0.25) is 9.78 Å². The van der Waals surface area contributed by atoms with Gasteiger partial charge in [0.25, 0.3) is 0 Å². The van der Waals surface area contributed by atoms with Crippen molar-refractivity contribution < 1.29 is 13.6 Å². The van der Waals surface area contributed by atoms with E-state index < -0.39 is 5.92 Å². The molecule has 0 bridgehead atoms. The van der Waals surface area contributed by atoms with Crippen LogP contribution in [-0.4, -0.2) is 22.9 Å². The van der Waals surface area contributed by atoms with Crippen LogP contribution in [0.5, 0.6) is 0 Å². The predicted molar refractivity (Wildman–Crippen MR) is 63.3 cm³/mol. The Morgan fingerprint density at radius 2 is 2.17 bits per heavy atom. The van der Waals surface area contributed by atoms with Crippen molar-refractivity contribution in [2.75, 3.05) is 0 Å². The third-order valence-corrected chi connectivity index (χ3v) is 3.17. The van der Waals surface area contributed by atoms with E-state index in [1.165, 1.54) is 0 Å². The summed E-state index contributed by atoms with van der Waals surface area (Å²) in [4.78, 5) is 15.6. The highest BCUT2D eigenvalue weighted by Gasteiger charge is 2.35. The van der Waals surface area contributed by atoms with Gasteiger partial charge in [0.05, 0.1) is 6.42 Å². The van der Waals surface area contributed by atoms with Gasteiger partial charge in [0, 0.05) is 31.3 Å². The van der Waals surface area contributed by atoms with Crippen molar-refractivity contribution in [1.29, 1.82) is 0 Å². The second-order valence-electron chi connectivity index (χ2n) is 4.74. The Hall–Kier alpha value is -1.52. The topological polar surface area (TPSA) is 42.0 Å². The number of carbonyl (C=O) groups is 1. The van der Waals surface area contributed by atoms with Crippen molar-refractivity contribution in [3.8, 4) is 0 Å². The predicted octanol–water partition coefficient (Wildman–Crippen LogP) is 2.32. The second kappa shape index (κ2) is 5.42. The van der Waals surface area contributed by atoms with Gasteiger partial charge in [-0.2, -0.15) is 0 Å². The quantitative estimate of drug-likeness (QED) is 0.899. The van der Waals surface area contributed by atoms with Gasteiger partial charge < -0.3 is 5.32 Å². The van der Waals surface area contributed by atoms with Gasteiger partial charge in [-0.15, -0.1) is 0 Å². The molecule has 0 radical (unpaired) electrons. The van der Waals surface area contributed by atoms with E-state index in [9.17, 15) is 13.6 Å². The van der Waals surface area contributed by atoms with Crippen LogP contribution in [0.1, 0.15) is 31.2 Å². The lowest BCUT2D eigenvalue weighted by Gasteiger charge is -2.28. The van der Waals surface area contributed by atoms with Gasteiger partial charge in [-0.25, -0.2) is 8.78 Å². The number of carbonyl (C=O) groups excluding carboxylic acids is 1. The Morgan fingerprint density at radius 1 is 1.44 bits per heavy atom. The molecule has 1 fully saturated rings. The molecule has 18 heavy (non-hydrogen) atoms. The molecule has 98 valence electrons. The Labute approximate surface area is 105 Å². The number of amides is 1. The fraction of sp³-hybridized carbons (Fsp3) is 0.538. The fourth-order valence-electron chi connectivity index (χ4n) is 2.15. The van der Waals surface area contributed by atoms with E-state index in [0.717, 1.165) is 5.56 Å². The van der Waals surface area contributed by atoms with Crippen molar-refractivity contribution in [2.24, 2.45) is 0 Å². The zero-order valence-electron chi connectivity index (χ0n) is 10.0. The van der Waals surface area contributed by atoms with Gasteiger partial charge in [0.1, 0.15) is 0 Å². The third-order valence-electron chi connectivity index (χ3n) is 3.17. The fourth-order valence-corrected chi connectivity index (χ4v) is 2.15. The molecule has 2 rings (SSSR count). The van der Waals surface area contributed by atoms with Gasteiger partial charge in [-0.1, -0.05) is 6.07 Å². The summed E-state index contributed by atoms with van der Waals surface area (Å²) in [5.74, 6) is -2.68. The number of rotatable bonds is 3. The summed E-state index contributed by atoms with van der Waals surface area (Å²) in [7, 11) is 0. The molecule has 1 aromatic rings. The summed E-state index contributed by atoms with van der Waals surface area (Å²) in [5.41, 5.74) is 0.830. The van der Waals surface area contributed by atoms with Crippen LogP contribution >= 0.6 is 0 Å². The van der Waals surface area contributed by atoms with Crippen LogP contribution in [0.2, 0.25) is 0 Å². The van der Waals surface area contributed by atoms with Crippen LogP contribution in [0.3, 0.4) is 0 Å². The summed E-state index contributed by atoms with van der Waals surface area (Å²) in [5, 5.41) is 2.81. The van der Waals surface area contributed by atoms with E-state index in [1.807, 2.05) is 6.07 Å². The molecule has 1 aromatic heterocycles. The van der Waals surface area contributed by atoms with E-state index in [4.69, 9.17) is 0 Å². The van der Waals surface area contributed by atoms with Crippen molar-refractivity contribution >= 4 is 5.91 Å². The molecule has 0 unspecified atom stereocenters. The summed E-state index contributed by atoms with van der Waals surface area (Å²) in [6.45, 7) is 0. The average molecular weight is 254 g/mol. The Bertz CT molecular complexity index is 399. The number of aromatic nitrogens is 1. The van der Waals surface area contributed by atoms with E-state index in [0.29, 0.717) is 12.8 Å². The lowest BCUT2D eigenvalue weighted by atomic mass is 9.92. The molecular weight excluding hydrogens is 238 g/mol. The van der Waals surface area contributed by atoms with Gasteiger partial charge in [0.15, 0.2) is 0 Å². The van der Waals surface area contributed by atoms with Crippen molar-refractivity contribution in [1.82, 2.24) is 10.3 Å². The number of nitrogens with zero attached hydrogens (tertiary/aromatic N) is 1. The molecule has 0 spiro atoms. The monoisotopic (exact) mass is 254 g/mol. The molecule has 1 heterocycles. The molecule has 5 heteroatoms. The summed E-state index contributed by atoms with van der Waals surface area (Å²) in [6, 6.07) is 3.47. The van der Waals surface area contributed by atoms with Crippen LogP contribution in [0, 0.1) is 0 Å². The first-order chi connectivity index (χ1) is 8.55. The molecule has 0 aliphatic heterocycles. The number of alkyl halides is 2. The maximum absolute atomic E-state index is 12.9. The Morgan fingerprint density at radius 3 is 2.78 bits per heavy atom. The molecular formula is C13H16F2N2O. The molecule has 1 aliphatic rings. The van der Waals surface area contributed by atoms with E-state index in [1.54, 1.807) is 18.5 Å². The smallest absolute Gasteiger partial charge is 0.248 e. The highest BCUT2D eigenvalue weighted by molar-refractivity contribution is 5.78. The van der Waals surface area contributed by atoms with Crippen LogP contribution in [0.4, 0.5) is 8.78 Å². The van der Waals surface area contributed by atoms with Gasteiger partial charge >= 0.3 is 0 Å². The van der Waals surface area contributed by atoms with Crippen LogP contribution < -0.4 is 5.32 Å². The largest absolute Gasteiger partial charge is 0.353 e. The van der Waals surface area contributed by atoms with Crippen LogP contribution in [0.25, 0.3) is 0 Å². The van der Waals surface area contributed by atoms with Crippen molar-refractivity contribution in [3.63, 3.8) is 0 Å². The minimum atomic E-state index is -2.55. The minimum Gasteiger partial charge on any atom is -0.353 e. The van der Waals surface area contributed by atoms with Crippen LogP contribution in [0.15, 0.2) is 24.5 Å². The number of pyridine rings is 1. The van der Waals surface area contributed by atoms with Gasteiger partial charge in [-0.05, 0) is 24.5 Å². The molecule has 1 aliphatic carbocycles. The van der Waals surface area contributed by atoms with E-state index in [-0.39, 0.29) is 31.2 Å². The molecule has 0 saturated heterocycles. The summed E-state index contributed by atoms with van der Waals surface area (Å²) in [6.07, 6.45) is 3.97. The highest BCUT2D eigenvalue weighted by Crippen LogP contribution is 2.32. The summed E-state index contributed by atoms with van der Waals surface area (Å²) < 4.78 is 25.9. The van der Waals surface area contributed by atoms with E-state index >= 15 is 0 Å². The zero-order chi connectivity index (χ0) is 13.0. The average Bonchev–Trinajstić information content (AvgIpc) is 2.33. The summed E-state index contributed by atoms with van der Waals surface area (Å²) >= 11 is 0. The number of hydrogen-bond donors (Lipinski definition) is 1. The SMILES string of the molecule is O=C(Cc1cccnc1)NC1CCC(F)(F)CC1.